The van der Waals surface area contributed by atoms with Crippen molar-refractivity contribution in [1.82, 2.24) is 0 Å². The van der Waals surface area contributed by atoms with Crippen LogP contribution in [-0.2, 0) is 14.2 Å². The van der Waals surface area contributed by atoms with Gasteiger partial charge in [-0.1, -0.05) is 50.5 Å². The largest absolute Gasteiger partial charge is 0.519 e. The average Bonchev–Trinajstić information content (AvgIpc) is 2.93. The van der Waals surface area contributed by atoms with E-state index in [0.717, 1.165) is 10.6 Å². The van der Waals surface area contributed by atoms with E-state index in [1.54, 1.807) is 6.92 Å². The third-order valence-electron chi connectivity index (χ3n) is 4.80. The summed E-state index contributed by atoms with van der Waals surface area (Å²) in [7, 11) is -8.16. The fourth-order valence-electron chi connectivity index (χ4n) is 3.55. The average molecular weight is 401 g/mol. The summed E-state index contributed by atoms with van der Waals surface area (Å²) >= 11 is 0. The van der Waals surface area contributed by atoms with Crippen LogP contribution in [0.25, 0.3) is 0 Å². The molecular weight excluding hydrogens is 383 g/mol. The van der Waals surface area contributed by atoms with Crippen molar-refractivity contribution in [1.29, 1.82) is 0 Å². The minimum atomic E-state index is -5.67. The van der Waals surface area contributed by atoms with Gasteiger partial charge in [-0.25, -0.2) is 0 Å². The lowest BCUT2D eigenvalue weighted by molar-refractivity contribution is -0.0500. The number of benzene rings is 2. The Labute approximate surface area is 152 Å². The van der Waals surface area contributed by atoms with Crippen molar-refractivity contribution >= 4 is 34.5 Å². The van der Waals surface area contributed by atoms with E-state index in [2.05, 4.69) is 0 Å². The molecule has 0 bridgehead atoms. The van der Waals surface area contributed by atoms with Gasteiger partial charge in [0.2, 0.25) is 6.64 Å². The van der Waals surface area contributed by atoms with Gasteiger partial charge in [-0.3, -0.25) is 0 Å². The SMILES string of the molecule is CC1CC[P+](c2ccccc2)(c2ccccc2)[B-]1OS(=O)(=O)C(F)(F)F. The molecule has 0 aromatic heterocycles. The van der Waals surface area contributed by atoms with Gasteiger partial charge in [-0.2, -0.15) is 21.6 Å². The van der Waals surface area contributed by atoms with Crippen LogP contribution in [0.3, 0.4) is 0 Å². The predicted octanol–water partition coefficient (Wildman–Crippen LogP) is 3.80. The number of halogens is 3. The Bertz CT molecular complexity index is 820. The standard InChI is InChI=1S/C17H18BF3O3PS/c1-14-12-13-25(15-8-4-2-5-9-15,16-10-6-3-7-11-16)18(14)24-26(22,23)17(19,20)21/h2-11,14H,12-13H2,1H3. The summed E-state index contributed by atoms with van der Waals surface area (Å²) in [5, 5.41) is 1.72. The van der Waals surface area contributed by atoms with Gasteiger partial charge in [0.15, 0.2) is 0 Å². The highest BCUT2D eigenvalue weighted by Gasteiger charge is 2.55. The Kier molecular flexibility index (Phi) is 5.21. The Balaban J connectivity index is 2.17. The van der Waals surface area contributed by atoms with E-state index in [9.17, 15) is 21.6 Å². The fourth-order valence-corrected chi connectivity index (χ4v) is 9.94. The van der Waals surface area contributed by atoms with Crippen molar-refractivity contribution in [2.75, 3.05) is 6.16 Å². The van der Waals surface area contributed by atoms with Crippen molar-refractivity contribution < 1.29 is 25.7 Å². The van der Waals surface area contributed by atoms with Crippen molar-refractivity contribution in [3.63, 3.8) is 0 Å². The van der Waals surface area contributed by atoms with E-state index in [-0.39, 0.29) is 5.82 Å². The van der Waals surface area contributed by atoms with Crippen LogP contribution in [0, 0.1) is 0 Å². The first kappa shape index (κ1) is 19.4. The topological polar surface area (TPSA) is 43.4 Å². The van der Waals surface area contributed by atoms with E-state index < -0.39 is 29.4 Å². The maximum atomic E-state index is 13.0. The van der Waals surface area contributed by atoms with Crippen LogP contribution in [0.2, 0.25) is 5.82 Å². The van der Waals surface area contributed by atoms with Gasteiger partial charge < -0.3 is 4.10 Å². The molecule has 139 valence electrons. The van der Waals surface area contributed by atoms with Gasteiger partial charge in [-0.15, -0.1) is 5.82 Å². The molecule has 1 aliphatic heterocycles. The zero-order valence-corrected chi connectivity index (χ0v) is 15.8. The minimum Gasteiger partial charge on any atom is -0.462 e. The molecule has 0 spiro atoms. The second-order valence-corrected chi connectivity index (χ2v) is 11.7. The molecular formula is C17H18BF3O3PS. The number of alkyl halides is 3. The van der Waals surface area contributed by atoms with Gasteiger partial charge in [0.1, 0.15) is 0 Å². The van der Waals surface area contributed by atoms with Crippen LogP contribution in [0.5, 0.6) is 0 Å². The van der Waals surface area contributed by atoms with Crippen LogP contribution in [0.4, 0.5) is 13.2 Å². The van der Waals surface area contributed by atoms with E-state index in [0.29, 0.717) is 12.6 Å². The molecule has 0 saturated carbocycles. The van der Waals surface area contributed by atoms with Crippen molar-refractivity contribution in [2.24, 2.45) is 0 Å². The van der Waals surface area contributed by atoms with E-state index in [1.807, 2.05) is 60.7 Å². The monoisotopic (exact) mass is 401 g/mol. The maximum absolute atomic E-state index is 13.0. The summed E-state index contributed by atoms with van der Waals surface area (Å²) in [4.78, 5) is 0. The van der Waals surface area contributed by atoms with Gasteiger partial charge >= 0.3 is 15.6 Å². The molecule has 3 nitrogen and oxygen atoms in total. The lowest BCUT2D eigenvalue weighted by Gasteiger charge is -2.38. The molecule has 1 atom stereocenters. The number of hydrogen-bond acceptors (Lipinski definition) is 3. The molecule has 1 fully saturated rings. The molecule has 2 aromatic carbocycles. The summed E-state index contributed by atoms with van der Waals surface area (Å²) in [6.07, 6.45) is 1.22. The molecule has 26 heavy (non-hydrogen) atoms. The molecule has 1 heterocycles. The number of rotatable bonds is 4. The molecule has 9 heteroatoms. The normalized spacial score (nSPS) is 21.0. The Morgan fingerprint density at radius 1 is 1.00 bits per heavy atom. The molecule has 1 aliphatic rings. The molecule has 1 unspecified atom stereocenters. The summed E-state index contributed by atoms with van der Waals surface area (Å²) in [5.41, 5.74) is -5.43. The van der Waals surface area contributed by atoms with Gasteiger partial charge in [0.25, 0.3) is 0 Å². The quantitative estimate of drug-likeness (QED) is 0.445. The first-order valence-electron chi connectivity index (χ1n) is 8.17. The summed E-state index contributed by atoms with van der Waals surface area (Å²) in [6, 6.07) is 18.3. The fraction of sp³-hybridized carbons (Fsp3) is 0.294. The molecule has 3 rings (SSSR count). The Hall–Kier alpha value is -1.37. The summed E-state index contributed by atoms with van der Waals surface area (Å²) < 4.78 is 67.4. The second-order valence-electron chi connectivity index (χ2n) is 6.42. The smallest absolute Gasteiger partial charge is 0.462 e. The van der Waals surface area contributed by atoms with E-state index >= 15 is 0 Å². The van der Waals surface area contributed by atoms with Crippen LogP contribution in [-0.4, -0.2) is 26.7 Å². The van der Waals surface area contributed by atoms with Crippen molar-refractivity contribution in [3.8, 4) is 0 Å². The van der Waals surface area contributed by atoms with E-state index in [4.69, 9.17) is 4.10 Å². The highest BCUT2D eigenvalue weighted by molar-refractivity contribution is 8.15. The van der Waals surface area contributed by atoms with E-state index in [1.165, 1.54) is 0 Å². The lowest BCUT2D eigenvalue weighted by Crippen LogP contribution is -2.40. The predicted molar refractivity (Wildman–Crippen MR) is 99.8 cm³/mol. The first-order chi connectivity index (χ1) is 12.2. The zero-order chi connectivity index (χ0) is 19.0. The second kappa shape index (κ2) is 6.99. The third kappa shape index (κ3) is 3.30. The van der Waals surface area contributed by atoms with Crippen LogP contribution in [0.15, 0.2) is 60.7 Å². The molecule has 1 radical (unpaired) electrons. The molecule has 0 amide bonds. The van der Waals surface area contributed by atoms with Gasteiger partial charge in [-0.05, 0) is 30.7 Å². The summed E-state index contributed by atoms with van der Waals surface area (Å²) in [6.45, 7) is 0.725. The molecule has 0 N–H and O–H groups in total. The minimum absolute atomic E-state index is 0.305. The highest BCUT2D eigenvalue weighted by atomic mass is 32.2. The molecule has 2 aromatic rings. The lowest BCUT2D eigenvalue weighted by atomic mass is 9.79. The summed E-state index contributed by atoms with van der Waals surface area (Å²) in [5.74, 6) is -0.305. The Morgan fingerprint density at radius 2 is 1.46 bits per heavy atom. The molecule has 1 saturated heterocycles. The van der Waals surface area contributed by atoms with Gasteiger partial charge in [0.05, 0.1) is 10.6 Å². The van der Waals surface area contributed by atoms with Gasteiger partial charge in [0, 0.05) is 6.16 Å². The third-order valence-corrected chi connectivity index (χ3v) is 10.9. The zero-order valence-electron chi connectivity index (χ0n) is 14.1. The maximum Gasteiger partial charge on any atom is 0.519 e. The highest BCUT2D eigenvalue weighted by Crippen LogP contribution is 2.68. The van der Waals surface area contributed by atoms with Crippen LogP contribution < -0.4 is 10.6 Å². The molecule has 0 aliphatic carbocycles. The van der Waals surface area contributed by atoms with Crippen LogP contribution >= 0.6 is 7.14 Å². The number of hydrogen-bond donors (Lipinski definition) is 0. The van der Waals surface area contributed by atoms with Crippen LogP contribution in [0.1, 0.15) is 13.3 Å². The van der Waals surface area contributed by atoms with Crippen molar-refractivity contribution in [3.05, 3.63) is 60.7 Å². The first-order valence-corrected chi connectivity index (χ1v) is 11.6. The van der Waals surface area contributed by atoms with Crippen molar-refractivity contribution in [2.45, 2.75) is 24.7 Å². The Morgan fingerprint density at radius 3 is 1.88 bits per heavy atom.